The first-order valence-corrected chi connectivity index (χ1v) is 24.1. The number of ether oxygens (including phenoxy) is 1. The molecule has 2 atom stereocenters. The van der Waals surface area contributed by atoms with Gasteiger partial charge in [-0.15, -0.1) is 0 Å². The van der Waals surface area contributed by atoms with Crippen molar-refractivity contribution in [2.24, 2.45) is 0 Å². The molecule has 2 unspecified atom stereocenters. The quantitative estimate of drug-likeness (QED) is 0.0325. The second-order valence-electron chi connectivity index (χ2n) is 16.4. The Kier molecular flexibility index (Phi) is 43.7. The highest BCUT2D eigenvalue weighted by molar-refractivity contribution is 5.76. The molecular weight excluding hydrogens is 683 g/mol. The van der Waals surface area contributed by atoms with Crippen LogP contribution in [0.2, 0.25) is 0 Å². The van der Waals surface area contributed by atoms with Crippen LogP contribution in [0.1, 0.15) is 251 Å². The van der Waals surface area contributed by atoms with Crippen LogP contribution in [0.25, 0.3) is 0 Å². The van der Waals surface area contributed by atoms with E-state index in [1.807, 2.05) is 6.08 Å². The molecule has 0 heterocycles. The molecule has 0 saturated carbocycles. The second kappa shape index (κ2) is 45.0. The Bertz CT molecular complexity index is 858. The Morgan fingerprint density at radius 1 is 0.491 bits per heavy atom. The number of carbonyl (C=O) groups excluding carboxylic acids is 2. The van der Waals surface area contributed by atoms with E-state index < -0.39 is 12.1 Å². The summed E-state index contributed by atoms with van der Waals surface area (Å²) in [6.07, 6.45) is 51.6. The molecule has 0 aliphatic heterocycles. The van der Waals surface area contributed by atoms with Crippen LogP contribution in [0.5, 0.6) is 0 Å². The number of nitrogens with one attached hydrogen (secondary N) is 1. The van der Waals surface area contributed by atoms with Crippen molar-refractivity contribution in [3.05, 3.63) is 24.3 Å². The molecule has 0 fully saturated rings. The zero-order valence-electron chi connectivity index (χ0n) is 36.7. The molecule has 1 amide bonds. The van der Waals surface area contributed by atoms with Gasteiger partial charge in [-0.25, -0.2) is 0 Å². The fraction of sp³-hybridized carbons (Fsp3) is 0.878. The van der Waals surface area contributed by atoms with Gasteiger partial charge < -0.3 is 20.3 Å². The number of carbonyl (C=O) groups is 2. The molecular formula is C49H93NO5. The van der Waals surface area contributed by atoms with Crippen molar-refractivity contribution >= 4 is 11.9 Å². The number of allylic oxidation sites excluding steroid dienone is 3. The normalized spacial score (nSPS) is 12.9. The topological polar surface area (TPSA) is 95.9 Å². The number of aliphatic hydroxyl groups is 2. The third-order valence-corrected chi connectivity index (χ3v) is 11.0. The van der Waals surface area contributed by atoms with Gasteiger partial charge in [0.2, 0.25) is 5.91 Å². The van der Waals surface area contributed by atoms with Crippen molar-refractivity contribution in [2.75, 3.05) is 13.2 Å². The lowest BCUT2D eigenvalue weighted by molar-refractivity contribution is -0.143. The largest absolute Gasteiger partial charge is 0.466 e. The third-order valence-electron chi connectivity index (χ3n) is 11.0. The van der Waals surface area contributed by atoms with Crippen molar-refractivity contribution in [1.29, 1.82) is 0 Å². The van der Waals surface area contributed by atoms with E-state index in [9.17, 15) is 19.8 Å². The zero-order chi connectivity index (χ0) is 40.1. The number of hydrogen-bond acceptors (Lipinski definition) is 5. The van der Waals surface area contributed by atoms with Crippen LogP contribution in [0, 0.1) is 0 Å². The maximum Gasteiger partial charge on any atom is 0.305 e. The van der Waals surface area contributed by atoms with E-state index in [1.54, 1.807) is 6.08 Å². The molecule has 0 aromatic rings. The minimum Gasteiger partial charge on any atom is -0.466 e. The van der Waals surface area contributed by atoms with Gasteiger partial charge in [-0.3, -0.25) is 9.59 Å². The zero-order valence-corrected chi connectivity index (χ0v) is 36.7. The number of aliphatic hydroxyl groups excluding tert-OH is 2. The lowest BCUT2D eigenvalue weighted by atomic mass is 10.0. The van der Waals surface area contributed by atoms with Gasteiger partial charge in [-0.2, -0.15) is 0 Å². The number of rotatable bonds is 44. The first-order valence-electron chi connectivity index (χ1n) is 24.1. The predicted octanol–water partition coefficient (Wildman–Crippen LogP) is 14.0. The van der Waals surface area contributed by atoms with E-state index in [-0.39, 0.29) is 18.5 Å². The number of esters is 1. The van der Waals surface area contributed by atoms with Crippen molar-refractivity contribution in [3.8, 4) is 0 Å². The SMILES string of the molecule is CCCCCCCC/C=C\CCCCCCCC(=O)OCCCCCCCCCCCC(=O)NC(CO)C(O)/C=C/CCCCCCCCCCCCCC. The Labute approximate surface area is 341 Å². The molecule has 0 aliphatic rings. The van der Waals surface area contributed by atoms with Crippen LogP contribution >= 0.6 is 0 Å². The van der Waals surface area contributed by atoms with E-state index in [2.05, 4.69) is 31.3 Å². The summed E-state index contributed by atoms with van der Waals surface area (Å²) in [7, 11) is 0. The van der Waals surface area contributed by atoms with E-state index in [0.717, 1.165) is 57.8 Å². The molecule has 0 radical (unpaired) electrons. The first kappa shape index (κ1) is 53.3. The Morgan fingerprint density at radius 2 is 0.855 bits per heavy atom. The highest BCUT2D eigenvalue weighted by atomic mass is 16.5. The molecule has 0 aromatic heterocycles. The minimum absolute atomic E-state index is 0.0357. The summed E-state index contributed by atoms with van der Waals surface area (Å²) in [6.45, 7) is 4.82. The first-order chi connectivity index (χ1) is 27.0. The van der Waals surface area contributed by atoms with Crippen molar-refractivity contribution in [3.63, 3.8) is 0 Å². The van der Waals surface area contributed by atoms with E-state index in [4.69, 9.17) is 4.74 Å². The summed E-state index contributed by atoms with van der Waals surface area (Å²) in [6, 6.07) is -0.647. The third kappa shape index (κ3) is 41.8. The molecule has 55 heavy (non-hydrogen) atoms. The van der Waals surface area contributed by atoms with Crippen LogP contribution in [0.3, 0.4) is 0 Å². The summed E-state index contributed by atoms with van der Waals surface area (Å²) >= 11 is 0. The second-order valence-corrected chi connectivity index (χ2v) is 16.4. The molecule has 324 valence electrons. The fourth-order valence-corrected chi connectivity index (χ4v) is 7.21. The summed E-state index contributed by atoms with van der Waals surface area (Å²) in [4.78, 5) is 24.4. The molecule has 6 nitrogen and oxygen atoms in total. The molecule has 0 aromatic carbocycles. The van der Waals surface area contributed by atoms with Crippen molar-refractivity contribution in [2.45, 2.75) is 264 Å². The van der Waals surface area contributed by atoms with Gasteiger partial charge in [-0.1, -0.05) is 205 Å². The number of amides is 1. The molecule has 0 spiro atoms. The summed E-state index contributed by atoms with van der Waals surface area (Å²) in [5, 5.41) is 23.0. The highest BCUT2D eigenvalue weighted by Gasteiger charge is 2.18. The van der Waals surface area contributed by atoms with Gasteiger partial charge in [0.05, 0.1) is 25.4 Å². The molecule has 3 N–H and O–H groups in total. The summed E-state index contributed by atoms with van der Waals surface area (Å²) in [5.74, 6) is -0.132. The Balaban J connectivity index is 3.54. The van der Waals surface area contributed by atoms with Gasteiger partial charge in [0, 0.05) is 12.8 Å². The molecule has 0 bridgehead atoms. The van der Waals surface area contributed by atoms with E-state index >= 15 is 0 Å². The van der Waals surface area contributed by atoms with Crippen LogP contribution < -0.4 is 5.32 Å². The fourth-order valence-electron chi connectivity index (χ4n) is 7.21. The Morgan fingerprint density at radius 3 is 1.29 bits per heavy atom. The maximum atomic E-state index is 12.4. The standard InChI is InChI=1S/C49H93NO5/c1-3-5-7-9-11-13-15-17-19-21-23-27-31-35-39-43-49(54)55-44-40-36-32-28-24-26-30-34-38-42-48(53)50-46(45-51)47(52)41-37-33-29-25-22-20-18-16-14-12-10-8-6-4-2/h17,19,37,41,46-47,51-52H,3-16,18,20-36,38-40,42-45H2,1-2H3,(H,50,53)/b19-17-,41-37+. The number of unbranched alkanes of at least 4 members (excludes halogenated alkanes) is 31. The van der Waals surface area contributed by atoms with Gasteiger partial charge in [-0.05, 0) is 57.8 Å². The van der Waals surface area contributed by atoms with E-state index in [1.165, 1.54) is 167 Å². The summed E-state index contributed by atoms with van der Waals surface area (Å²) < 4.78 is 5.44. The molecule has 0 rings (SSSR count). The van der Waals surface area contributed by atoms with Gasteiger partial charge in [0.15, 0.2) is 0 Å². The maximum absolute atomic E-state index is 12.4. The highest BCUT2D eigenvalue weighted by Crippen LogP contribution is 2.15. The lowest BCUT2D eigenvalue weighted by Gasteiger charge is -2.20. The van der Waals surface area contributed by atoms with E-state index in [0.29, 0.717) is 19.4 Å². The Hall–Kier alpha value is -1.66. The van der Waals surface area contributed by atoms with Crippen LogP contribution in [0.4, 0.5) is 0 Å². The monoisotopic (exact) mass is 776 g/mol. The van der Waals surface area contributed by atoms with Crippen LogP contribution in [-0.2, 0) is 14.3 Å². The average Bonchev–Trinajstić information content (AvgIpc) is 3.18. The van der Waals surface area contributed by atoms with Gasteiger partial charge in [0.25, 0.3) is 0 Å². The smallest absolute Gasteiger partial charge is 0.305 e. The van der Waals surface area contributed by atoms with Crippen molar-refractivity contribution in [1.82, 2.24) is 5.32 Å². The molecule has 0 saturated heterocycles. The minimum atomic E-state index is -0.861. The number of hydrogen-bond donors (Lipinski definition) is 3. The van der Waals surface area contributed by atoms with Gasteiger partial charge >= 0.3 is 5.97 Å². The molecule has 0 aliphatic carbocycles. The molecule has 6 heteroatoms. The van der Waals surface area contributed by atoms with Gasteiger partial charge in [0.1, 0.15) is 0 Å². The lowest BCUT2D eigenvalue weighted by Crippen LogP contribution is -2.45. The summed E-state index contributed by atoms with van der Waals surface area (Å²) in [5.41, 5.74) is 0. The van der Waals surface area contributed by atoms with Crippen LogP contribution in [0.15, 0.2) is 24.3 Å². The van der Waals surface area contributed by atoms with Crippen LogP contribution in [-0.4, -0.2) is 47.4 Å². The van der Waals surface area contributed by atoms with Crippen molar-refractivity contribution < 1.29 is 24.5 Å². The predicted molar refractivity (Wildman–Crippen MR) is 236 cm³/mol. The average molecular weight is 776 g/mol.